The highest BCUT2D eigenvalue weighted by atomic mass is 79.9. The molecule has 0 unspecified atom stereocenters. The zero-order valence-electron chi connectivity index (χ0n) is 4.73. The number of rotatable bonds is 1. The van der Waals surface area contributed by atoms with Crippen LogP contribution in [-0.4, -0.2) is 5.91 Å². The minimum absolute atomic E-state index is 0.400. The third kappa shape index (κ3) is 1.59. The first-order valence-corrected chi connectivity index (χ1v) is 4.76. The van der Waals surface area contributed by atoms with Crippen molar-refractivity contribution in [2.24, 2.45) is 5.73 Å². The number of halogens is 2. The topological polar surface area (TPSA) is 43.1 Å². The molecule has 0 aromatic carbocycles. The van der Waals surface area contributed by atoms with Crippen LogP contribution >= 0.6 is 43.2 Å². The van der Waals surface area contributed by atoms with Crippen molar-refractivity contribution < 1.29 is 4.79 Å². The van der Waals surface area contributed by atoms with Crippen LogP contribution in [0.1, 0.15) is 9.67 Å². The summed E-state index contributed by atoms with van der Waals surface area (Å²) in [4.78, 5) is 11.2. The van der Waals surface area contributed by atoms with Gasteiger partial charge in [-0.15, -0.1) is 11.3 Å². The molecule has 2 N–H and O–H groups in total. The van der Waals surface area contributed by atoms with Crippen molar-refractivity contribution in [2.75, 3.05) is 0 Å². The summed E-state index contributed by atoms with van der Waals surface area (Å²) >= 11 is 7.75. The molecule has 1 rings (SSSR count). The summed E-state index contributed by atoms with van der Waals surface area (Å²) in [5, 5.41) is 0. The number of primary amides is 1. The van der Waals surface area contributed by atoms with Crippen LogP contribution in [0.4, 0.5) is 0 Å². The van der Waals surface area contributed by atoms with Crippen molar-refractivity contribution in [3.05, 3.63) is 19.2 Å². The van der Waals surface area contributed by atoms with E-state index in [-0.39, 0.29) is 0 Å². The highest BCUT2D eigenvalue weighted by molar-refractivity contribution is 9.11. The van der Waals surface area contributed by atoms with Gasteiger partial charge in [0.15, 0.2) is 0 Å². The van der Waals surface area contributed by atoms with E-state index in [9.17, 15) is 4.79 Å². The monoisotopic (exact) mass is 283 g/mol. The average Bonchev–Trinajstić information content (AvgIpc) is 2.10. The van der Waals surface area contributed by atoms with Gasteiger partial charge in [-0.2, -0.15) is 0 Å². The molecule has 0 fully saturated rings. The fraction of sp³-hybridized carbons (Fsp3) is 0. The number of amides is 1. The van der Waals surface area contributed by atoms with E-state index in [0.29, 0.717) is 4.88 Å². The van der Waals surface area contributed by atoms with Crippen molar-refractivity contribution in [1.82, 2.24) is 0 Å². The van der Waals surface area contributed by atoms with E-state index in [4.69, 9.17) is 5.73 Å². The van der Waals surface area contributed by atoms with E-state index < -0.39 is 5.91 Å². The fourth-order valence-electron chi connectivity index (χ4n) is 0.509. The quantitative estimate of drug-likeness (QED) is 0.845. The number of carbonyl (C=O) groups is 1. The Balaban J connectivity index is 3.15. The maximum absolute atomic E-state index is 10.6. The molecule has 0 spiro atoms. The Morgan fingerprint density at radius 3 is 2.40 bits per heavy atom. The molecule has 10 heavy (non-hydrogen) atoms. The molecule has 0 aliphatic rings. The Morgan fingerprint density at radius 1 is 1.60 bits per heavy atom. The van der Waals surface area contributed by atoms with Gasteiger partial charge in [0.05, 0.1) is 3.79 Å². The van der Waals surface area contributed by atoms with Crippen LogP contribution in [0.2, 0.25) is 0 Å². The summed E-state index contributed by atoms with van der Waals surface area (Å²) in [6.45, 7) is 0. The van der Waals surface area contributed by atoms with Crippen molar-refractivity contribution in [2.45, 2.75) is 0 Å². The molecule has 0 radical (unpaired) electrons. The minimum atomic E-state index is -0.400. The summed E-state index contributed by atoms with van der Waals surface area (Å²) < 4.78 is 1.64. The van der Waals surface area contributed by atoms with Crippen LogP contribution in [0.3, 0.4) is 0 Å². The number of thiophene rings is 1. The van der Waals surface area contributed by atoms with Crippen LogP contribution in [0.5, 0.6) is 0 Å². The second kappa shape index (κ2) is 3.02. The molecular weight excluding hydrogens is 282 g/mol. The predicted molar refractivity (Wildman–Crippen MR) is 48.2 cm³/mol. The van der Waals surface area contributed by atoms with Crippen molar-refractivity contribution in [1.29, 1.82) is 0 Å². The molecule has 2 nitrogen and oxygen atoms in total. The minimum Gasteiger partial charge on any atom is -0.365 e. The molecule has 1 aromatic heterocycles. The maximum Gasteiger partial charge on any atom is 0.259 e. The summed E-state index contributed by atoms with van der Waals surface area (Å²) in [7, 11) is 0. The van der Waals surface area contributed by atoms with Gasteiger partial charge in [0, 0.05) is 4.47 Å². The molecule has 0 saturated carbocycles. The highest BCUT2D eigenvalue weighted by Crippen LogP contribution is 2.30. The Hall–Kier alpha value is 0.130. The molecule has 0 aliphatic heterocycles. The Labute approximate surface area is 78.7 Å². The Bertz CT molecular complexity index is 271. The Kier molecular flexibility index (Phi) is 2.49. The predicted octanol–water partition coefficient (Wildman–Crippen LogP) is 2.37. The number of nitrogens with two attached hydrogens (primary N) is 1. The number of hydrogen-bond acceptors (Lipinski definition) is 2. The normalized spacial score (nSPS) is 9.80. The zero-order valence-corrected chi connectivity index (χ0v) is 8.72. The van der Waals surface area contributed by atoms with Crippen LogP contribution in [-0.2, 0) is 0 Å². The molecule has 0 atom stereocenters. The largest absolute Gasteiger partial charge is 0.365 e. The third-order valence-corrected chi connectivity index (χ3v) is 3.42. The lowest BCUT2D eigenvalue weighted by Gasteiger charge is -1.85. The van der Waals surface area contributed by atoms with Crippen molar-refractivity contribution in [3.63, 3.8) is 0 Å². The average molecular weight is 285 g/mol. The first kappa shape index (κ1) is 8.23. The molecule has 1 aromatic rings. The van der Waals surface area contributed by atoms with Gasteiger partial charge in [0.1, 0.15) is 4.88 Å². The lowest BCUT2D eigenvalue weighted by molar-refractivity contribution is 0.100. The van der Waals surface area contributed by atoms with Gasteiger partial charge in [-0.25, -0.2) is 0 Å². The van der Waals surface area contributed by atoms with Gasteiger partial charge in [0.25, 0.3) is 5.91 Å². The molecule has 1 amide bonds. The van der Waals surface area contributed by atoms with Crippen LogP contribution in [0, 0.1) is 0 Å². The molecule has 54 valence electrons. The first-order valence-electron chi connectivity index (χ1n) is 2.36. The molecule has 1 heterocycles. The molecule has 0 aliphatic carbocycles. The van der Waals surface area contributed by atoms with E-state index in [0.717, 1.165) is 8.26 Å². The van der Waals surface area contributed by atoms with Crippen LogP contribution < -0.4 is 5.73 Å². The number of hydrogen-bond donors (Lipinski definition) is 1. The van der Waals surface area contributed by atoms with E-state index in [2.05, 4.69) is 31.9 Å². The van der Waals surface area contributed by atoms with Crippen LogP contribution in [0.25, 0.3) is 0 Å². The van der Waals surface area contributed by atoms with Gasteiger partial charge in [-0.3, -0.25) is 4.79 Å². The van der Waals surface area contributed by atoms with E-state index in [1.807, 2.05) is 0 Å². The van der Waals surface area contributed by atoms with Gasteiger partial charge in [0.2, 0.25) is 0 Å². The summed E-state index contributed by atoms with van der Waals surface area (Å²) in [5.41, 5.74) is 5.05. The third-order valence-electron chi connectivity index (χ3n) is 0.880. The summed E-state index contributed by atoms with van der Waals surface area (Å²) in [6.07, 6.45) is 0. The van der Waals surface area contributed by atoms with Crippen LogP contribution in [0.15, 0.2) is 14.3 Å². The molecule has 5 heteroatoms. The highest BCUT2D eigenvalue weighted by Gasteiger charge is 2.09. The van der Waals surface area contributed by atoms with Crippen molar-refractivity contribution >= 4 is 49.1 Å². The second-order valence-electron chi connectivity index (χ2n) is 1.59. The van der Waals surface area contributed by atoms with E-state index in [1.54, 1.807) is 6.07 Å². The zero-order chi connectivity index (χ0) is 7.72. The summed E-state index contributed by atoms with van der Waals surface area (Å²) in [5.74, 6) is -0.400. The lowest BCUT2D eigenvalue weighted by atomic mass is 10.5. The SMILES string of the molecule is NC(=O)c1sc(Br)cc1Br. The smallest absolute Gasteiger partial charge is 0.259 e. The maximum atomic E-state index is 10.6. The first-order chi connectivity index (χ1) is 4.61. The standard InChI is InChI=1S/C5H3Br2NOS/c6-2-1-3(7)10-4(2)5(8)9/h1H,(H2,8,9). The van der Waals surface area contributed by atoms with Gasteiger partial charge < -0.3 is 5.73 Å². The van der Waals surface area contributed by atoms with E-state index >= 15 is 0 Å². The van der Waals surface area contributed by atoms with E-state index in [1.165, 1.54) is 11.3 Å². The summed E-state index contributed by atoms with van der Waals surface area (Å²) in [6, 6.07) is 1.80. The lowest BCUT2D eigenvalue weighted by Crippen LogP contribution is -2.08. The second-order valence-corrected chi connectivity index (χ2v) is 4.88. The molecular formula is C5H3Br2NOS. The van der Waals surface area contributed by atoms with Crippen molar-refractivity contribution in [3.8, 4) is 0 Å². The molecule has 0 saturated heterocycles. The van der Waals surface area contributed by atoms with Gasteiger partial charge >= 0.3 is 0 Å². The fourth-order valence-corrected chi connectivity index (χ4v) is 2.98. The van der Waals surface area contributed by atoms with Gasteiger partial charge in [-0.1, -0.05) is 0 Å². The Morgan fingerprint density at radius 2 is 2.20 bits per heavy atom. The van der Waals surface area contributed by atoms with Gasteiger partial charge in [-0.05, 0) is 37.9 Å². The number of carbonyl (C=O) groups excluding carboxylic acids is 1. The molecule has 0 bridgehead atoms.